The van der Waals surface area contributed by atoms with Gasteiger partial charge in [0.1, 0.15) is 6.61 Å². The Balaban J connectivity index is 1.74. The lowest BCUT2D eigenvalue weighted by Gasteiger charge is -2.16. The van der Waals surface area contributed by atoms with Crippen LogP contribution in [0, 0.1) is 0 Å². The minimum Gasteiger partial charge on any atom is -0.445 e. The minimum absolute atomic E-state index is 0.179. The van der Waals surface area contributed by atoms with E-state index in [1.807, 2.05) is 30.3 Å². The molecule has 1 fully saturated rings. The molecule has 0 spiro atoms. The molecule has 2 unspecified atom stereocenters. The van der Waals surface area contributed by atoms with Crippen LogP contribution >= 0.6 is 0 Å². The molecule has 0 aromatic heterocycles. The zero-order valence-corrected chi connectivity index (χ0v) is 9.98. The van der Waals surface area contributed by atoms with Gasteiger partial charge in [-0.3, -0.25) is 0 Å². The number of hydrogen-bond acceptors (Lipinski definition) is 3. The molecule has 1 saturated heterocycles. The summed E-state index contributed by atoms with van der Waals surface area (Å²) in [4.78, 5) is 11.6. The summed E-state index contributed by atoms with van der Waals surface area (Å²) in [6.07, 6.45) is 0.621. The number of hydrogen-bond donors (Lipinski definition) is 2. The Morgan fingerprint density at radius 3 is 2.88 bits per heavy atom. The first-order valence-corrected chi connectivity index (χ1v) is 5.96. The smallest absolute Gasteiger partial charge is 0.407 e. The number of alkyl carbamates (subject to hydrolysis) is 1. The first-order chi connectivity index (χ1) is 8.25. The second-order valence-corrected chi connectivity index (χ2v) is 4.34. The van der Waals surface area contributed by atoms with Crippen LogP contribution in [0.25, 0.3) is 0 Å². The molecule has 0 aliphatic carbocycles. The van der Waals surface area contributed by atoms with E-state index in [1.165, 1.54) is 0 Å². The molecule has 0 bridgehead atoms. The van der Waals surface area contributed by atoms with Crippen LogP contribution < -0.4 is 10.6 Å². The van der Waals surface area contributed by atoms with Crippen molar-refractivity contribution in [2.75, 3.05) is 6.54 Å². The van der Waals surface area contributed by atoms with E-state index in [2.05, 4.69) is 17.6 Å². The maximum absolute atomic E-state index is 11.6. The Morgan fingerprint density at radius 1 is 1.47 bits per heavy atom. The molecule has 4 heteroatoms. The summed E-state index contributed by atoms with van der Waals surface area (Å²) in [5.41, 5.74) is 1.00. The maximum Gasteiger partial charge on any atom is 0.407 e. The van der Waals surface area contributed by atoms with Crippen molar-refractivity contribution in [2.45, 2.75) is 32.0 Å². The summed E-state index contributed by atoms with van der Waals surface area (Å²) in [6, 6.07) is 10.2. The first-order valence-electron chi connectivity index (χ1n) is 5.96. The van der Waals surface area contributed by atoms with Gasteiger partial charge in [0, 0.05) is 12.1 Å². The molecule has 1 aromatic rings. The average Bonchev–Trinajstić information content (AvgIpc) is 2.74. The second kappa shape index (κ2) is 5.68. The summed E-state index contributed by atoms with van der Waals surface area (Å²) in [5, 5.41) is 6.15. The van der Waals surface area contributed by atoms with Gasteiger partial charge in [-0.15, -0.1) is 0 Å². The standard InChI is InChI=1S/C13H18N2O2/c1-10-12(7-8-14-10)15-13(16)17-9-11-5-3-2-4-6-11/h2-6,10,12,14H,7-9H2,1H3,(H,15,16). The maximum atomic E-state index is 11.6. The topological polar surface area (TPSA) is 50.4 Å². The van der Waals surface area contributed by atoms with Gasteiger partial charge in [0.15, 0.2) is 0 Å². The van der Waals surface area contributed by atoms with E-state index in [9.17, 15) is 4.79 Å². The lowest BCUT2D eigenvalue weighted by Crippen LogP contribution is -2.41. The number of benzene rings is 1. The van der Waals surface area contributed by atoms with Gasteiger partial charge in [-0.2, -0.15) is 0 Å². The molecule has 2 atom stereocenters. The third-order valence-corrected chi connectivity index (χ3v) is 3.04. The van der Waals surface area contributed by atoms with Crippen molar-refractivity contribution in [1.82, 2.24) is 10.6 Å². The predicted molar refractivity (Wildman–Crippen MR) is 65.6 cm³/mol. The summed E-state index contributed by atoms with van der Waals surface area (Å²) in [6.45, 7) is 3.33. The molecular formula is C13H18N2O2. The first kappa shape index (κ1) is 11.9. The van der Waals surface area contributed by atoms with E-state index in [0.29, 0.717) is 12.6 Å². The van der Waals surface area contributed by atoms with Gasteiger partial charge in [-0.25, -0.2) is 4.79 Å². The van der Waals surface area contributed by atoms with Crippen LogP contribution in [-0.2, 0) is 11.3 Å². The highest BCUT2D eigenvalue weighted by molar-refractivity contribution is 5.67. The number of ether oxygens (including phenoxy) is 1. The Labute approximate surface area is 101 Å². The quantitative estimate of drug-likeness (QED) is 0.836. The summed E-state index contributed by atoms with van der Waals surface area (Å²) >= 11 is 0. The predicted octanol–water partition coefficient (Wildman–Crippen LogP) is 1.66. The molecule has 0 saturated carbocycles. The van der Waals surface area contributed by atoms with Gasteiger partial charge in [0.25, 0.3) is 0 Å². The fourth-order valence-electron chi connectivity index (χ4n) is 1.97. The van der Waals surface area contributed by atoms with Crippen LogP contribution in [0.1, 0.15) is 18.9 Å². The van der Waals surface area contributed by atoms with Crippen molar-refractivity contribution in [3.05, 3.63) is 35.9 Å². The molecular weight excluding hydrogens is 216 g/mol. The van der Waals surface area contributed by atoms with Gasteiger partial charge in [0.2, 0.25) is 0 Å². The fraction of sp³-hybridized carbons (Fsp3) is 0.462. The summed E-state index contributed by atoms with van der Waals surface area (Å²) < 4.78 is 5.16. The van der Waals surface area contributed by atoms with Crippen molar-refractivity contribution < 1.29 is 9.53 Å². The molecule has 1 aromatic carbocycles. The van der Waals surface area contributed by atoms with Crippen LogP contribution in [0.4, 0.5) is 4.79 Å². The van der Waals surface area contributed by atoms with Crippen LogP contribution in [0.5, 0.6) is 0 Å². The number of nitrogens with one attached hydrogen (secondary N) is 2. The molecule has 2 N–H and O–H groups in total. The third kappa shape index (κ3) is 3.46. The van der Waals surface area contributed by atoms with Gasteiger partial charge in [-0.05, 0) is 25.5 Å². The Morgan fingerprint density at radius 2 is 2.24 bits per heavy atom. The Kier molecular flexibility index (Phi) is 3.98. The molecule has 4 nitrogen and oxygen atoms in total. The molecule has 1 amide bonds. The van der Waals surface area contributed by atoms with Gasteiger partial charge in [-0.1, -0.05) is 30.3 Å². The van der Waals surface area contributed by atoms with Crippen LogP contribution in [0.15, 0.2) is 30.3 Å². The summed E-state index contributed by atoms with van der Waals surface area (Å²) in [5.74, 6) is 0. The normalized spacial score (nSPS) is 23.4. The monoisotopic (exact) mass is 234 g/mol. The number of rotatable bonds is 3. The zero-order chi connectivity index (χ0) is 12.1. The van der Waals surface area contributed by atoms with Crippen molar-refractivity contribution in [3.8, 4) is 0 Å². The third-order valence-electron chi connectivity index (χ3n) is 3.04. The van der Waals surface area contributed by atoms with E-state index in [-0.39, 0.29) is 12.1 Å². The fourth-order valence-corrected chi connectivity index (χ4v) is 1.97. The lowest BCUT2D eigenvalue weighted by molar-refractivity contribution is 0.135. The molecule has 1 heterocycles. The van der Waals surface area contributed by atoms with Gasteiger partial charge < -0.3 is 15.4 Å². The van der Waals surface area contributed by atoms with Gasteiger partial charge >= 0.3 is 6.09 Å². The van der Waals surface area contributed by atoms with Crippen molar-refractivity contribution >= 4 is 6.09 Å². The van der Waals surface area contributed by atoms with E-state index in [1.54, 1.807) is 0 Å². The van der Waals surface area contributed by atoms with Crippen LogP contribution in [-0.4, -0.2) is 24.7 Å². The average molecular weight is 234 g/mol. The van der Waals surface area contributed by atoms with E-state index >= 15 is 0 Å². The zero-order valence-electron chi connectivity index (χ0n) is 9.98. The lowest BCUT2D eigenvalue weighted by atomic mass is 10.1. The molecule has 92 valence electrons. The minimum atomic E-state index is -0.339. The number of carbonyl (C=O) groups is 1. The SMILES string of the molecule is CC1NCCC1NC(=O)OCc1ccccc1. The van der Waals surface area contributed by atoms with Crippen molar-refractivity contribution in [3.63, 3.8) is 0 Å². The van der Waals surface area contributed by atoms with E-state index < -0.39 is 0 Å². The van der Waals surface area contributed by atoms with Crippen molar-refractivity contribution in [1.29, 1.82) is 0 Å². The molecule has 2 rings (SSSR count). The highest BCUT2D eigenvalue weighted by Gasteiger charge is 2.24. The molecule has 1 aliphatic rings. The second-order valence-electron chi connectivity index (χ2n) is 4.34. The summed E-state index contributed by atoms with van der Waals surface area (Å²) in [7, 11) is 0. The Hall–Kier alpha value is -1.55. The number of amides is 1. The Bertz CT molecular complexity index is 367. The molecule has 0 radical (unpaired) electrons. The van der Waals surface area contributed by atoms with Crippen LogP contribution in [0.2, 0.25) is 0 Å². The molecule has 1 aliphatic heterocycles. The highest BCUT2D eigenvalue weighted by Crippen LogP contribution is 2.07. The highest BCUT2D eigenvalue weighted by atomic mass is 16.5. The largest absolute Gasteiger partial charge is 0.445 e. The van der Waals surface area contributed by atoms with Crippen molar-refractivity contribution in [2.24, 2.45) is 0 Å². The van der Waals surface area contributed by atoms with E-state index in [0.717, 1.165) is 18.5 Å². The molecule has 17 heavy (non-hydrogen) atoms. The van der Waals surface area contributed by atoms with Crippen LogP contribution in [0.3, 0.4) is 0 Å². The number of carbonyl (C=O) groups excluding carboxylic acids is 1. The van der Waals surface area contributed by atoms with E-state index in [4.69, 9.17) is 4.74 Å². The van der Waals surface area contributed by atoms with Gasteiger partial charge in [0.05, 0.1) is 0 Å².